The number of rotatable bonds is 5. The highest BCUT2D eigenvalue weighted by atomic mass is 16.5. The monoisotopic (exact) mass is 343 g/mol. The lowest BCUT2D eigenvalue weighted by Gasteiger charge is -2.19. The number of aromatic nitrogens is 6. The van der Waals surface area contributed by atoms with Crippen molar-refractivity contribution in [2.45, 2.75) is 32.0 Å². The summed E-state index contributed by atoms with van der Waals surface area (Å²) in [6, 6.07) is 2.02. The molecule has 1 aliphatic heterocycles. The minimum absolute atomic E-state index is 0.328. The first-order valence-corrected chi connectivity index (χ1v) is 8.42. The molecule has 0 aromatic carbocycles. The van der Waals surface area contributed by atoms with Crippen LogP contribution < -0.4 is 9.64 Å². The molecule has 9 nitrogen and oxygen atoms in total. The van der Waals surface area contributed by atoms with Crippen molar-refractivity contribution < 1.29 is 9.84 Å². The van der Waals surface area contributed by atoms with Crippen molar-refractivity contribution in [3.8, 4) is 5.75 Å². The van der Waals surface area contributed by atoms with Crippen molar-refractivity contribution in [3.05, 3.63) is 30.5 Å². The second-order valence-corrected chi connectivity index (χ2v) is 6.31. The Labute approximate surface area is 144 Å². The molecule has 0 saturated carbocycles. The van der Waals surface area contributed by atoms with Gasteiger partial charge in [0.05, 0.1) is 18.9 Å². The number of ether oxygens (including phenoxy) is 1. The SMILES string of the molecule is CCCc1cc(N2C[C@@H](O)[C@H](Oc3cnn(C)c3)C2)n2ncnc2n1. The van der Waals surface area contributed by atoms with E-state index in [0.29, 0.717) is 24.6 Å². The van der Waals surface area contributed by atoms with Crippen molar-refractivity contribution >= 4 is 11.6 Å². The Hall–Kier alpha value is -2.68. The Balaban J connectivity index is 1.59. The lowest BCUT2D eigenvalue weighted by molar-refractivity contribution is 0.0737. The van der Waals surface area contributed by atoms with Gasteiger partial charge < -0.3 is 14.7 Å². The van der Waals surface area contributed by atoms with Crippen LogP contribution in [0.5, 0.6) is 5.75 Å². The summed E-state index contributed by atoms with van der Waals surface area (Å²) in [6.07, 6.45) is 5.90. The quantitative estimate of drug-likeness (QED) is 0.718. The molecule has 9 heteroatoms. The number of fused-ring (bicyclic) bond motifs is 1. The Morgan fingerprint density at radius 2 is 2.20 bits per heavy atom. The summed E-state index contributed by atoms with van der Waals surface area (Å²) in [7, 11) is 1.83. The number of hydrogen-bond acceptors (Lipinski definition) is 7. The minimum atomic E-state index is -0.596. The normalized spacial score (nSPS) is 20.5. The van der Waals surface area contributed by atoms with Crippen molar-refractivity contribution in [3.63, 3.8) is 0 Å². The van der Waals surface area contributed by atoms with Crippen LogP contribution in [0, 0.1) is 0 Å². The first kappa shape index (κ1) is 15.8. The molecule has 1 saturated heterocycles. The summed E-state index contributed by atoms with van der Waals surface area (Å²) in [5.74, 6) is 2.11. The fourth-order valence-electron chi connectivity index (χ4n) is 3.15. The second-order valence-electron chi connectivity index (χ2n) is 6.31. The van der Waals surface area contributed by atoms with Gasteiger partial charge in [-0.15, -0.1) is 0 Å². The van der Waals surface area contributed by atoms with E-state index < -0.39 is 6.10 Å². The van der Waals surface area contributed by atoms with Crippen LogP contribution in [0.4, 0.5) is 5.82 Å². The molecule has 132 valence electrons. The van der Waals surface area contributed by atoms with Crippen molar-refractivity contribution in [2.24, 2.45) is 7.05 Å². The molecule has 0 spiro atoms. The summed E-state index contributed by atoms with van der Waals surface area (Å²) < 4.78 is 9.28. The second kappa shape index (κ2) is 6.32. The van der Waals surface area contributed by atoms with E-state index in [9.17, 15) is 5.11 Å². The van der Waals surface area contributed by atoms with Gasteiger partial charge in [0.15, 0.2) is 5.75 Å². The Morgan fingerprint density at radius 3 is 2.96 bits per heavy atom. The Kier molecular flexibility index (Phi) is 4.00. The van der Waals surface area contributed by atoms with Crippen molar-refractivity contribution in [1.29, 1.82) is 0 Å². The van der Waals surface area contributed by atoms with Gasteiger partial charge in [0.25, 0.3) is 5.78 Å². The van der Waals surface area contributed by atoms with Gasteiger partial charge in [-0.1, -0.05) is 13.3 Å². The van der Waals surface area contributed by atoms with Gasteiger partial charge in [0.2, 0.25) is 0 Å². The molecule has 2 atom stereocenters. The molecule has 1 fully saturated rings. The average Bonchev–Trinajstić information content (AvgIpc) is 3.29. The molecule has 4 heterocycles. The smallest absolute Gasteiger partial charge is 0.254 e. The summed E-state index contributed by atoms with van der Waals surface area (Å²) in [5.41, 5.74) is 0.976. The molecular weight excluding hydrogens is 322 g/mol. The molecule has 1 aliphatic rings. The van der Waals surface area contributed by atoms with E-state index in [1.165, 1.54) is 6.33 Å². The van der Waals surface area contributed by atoms with Gasteiger partial charge in [-0.05, 0) is 6.42 Å². The fraction of sp³-hybridized carbons (Fsp3) is 0.500. The largest absolute Gasteiger partial charge is 0.482 e. The predicted molar refractivity (Wildman–Crippen MR) is 90.6 cm³/mol. The lowest BCUT2D eigenvalue weighted by atomic mass is 10.2. The highest BCUT2D eigenvalue weighted by Crippen LogP contribution is 2.24. The highest BCUT2D eigenvalue weighted by Gasteiger charge is 2.35. The van der Waals surface area contributed by atoms with Crippen molar-refractivity contribution in [1.82, 2.24) is 29.4 Å². The number of hydrogen-bond donors (Lipinski definition) is 1. The summed E-state index contributed by atoms with van der Waals surface area (Å²) in [4.78, 5) is 10.8. The van der Waals surface area contributed by atoms with Crippen LogP contribution in [-0.2, 0) is 13.5 Å². The maximum Gasteiger partial charge on any atom is 0.254 e. The molecular formula is C16H21N7O2. The topological polar surface area (TPSA) is 93.6 Å². The molecule has 1 N–H and O–H groups in total. The fourth-order valence-corrected chi connectivity index (χ4v) is 3.15. The molecule has 4 rings (SSSR count). The first-order chi connectivity index (χ1) is 12.1. The number of nitrogens with zero attached hydrogens (tertiary/aromatic N) is 7. The number of β-amino-alcohol motifs (C(OH)–C–C–N with tert-alkyl or cyclic N) is 1. The zero-order valence-corrected chi connectivity index (χ0v) is 14.3. The zero-order valence-electron chi connectivity index (χ0n) is 14.3. The maximum atomic E-state index is 10.4. The van der Waals surface area contributed by atoms with E-state index in [4.69, 9.17) is 4.74 Å². The predicted octanol–water partition coefficient (Wildman–Crippen LogP) is 0.439. The summed E-state index contributed by atoms with van der Waals surface area (Å²) in [5, 5.41) is 18.8. The molecule has 3 aromatic heterocycles. The van der Waals surface area contributed by atoms with E-state index in [1.807, 2.05) is 13.1 Å². The zero-order chi connectivity index (χ0) is 17.4. The van der Waals surface area contributed by atoms with Crippen LogP contribution in [0.3, 0.4) is 0 Å². The molecule has 25 heavy (non-hydrogen) atoms. The van der Waals surface area contributed by atoms with Crippen LogP contribution in [0.2, 0.25) is 0 Å². The molecule has 0 amide bonds. The third kappa shape index (κ3) is 3.02. The number of aryl methyl sites for hydroxylation is 2. The first-order valence-electron chi connectivity index (χ1n) is 8.42. The molecule has 0 radical (unpaired) electrons. The van der Waals surface area contributed by atoms with Gasteiger partial charge in [0.1, 0.15) is 24.4 Å². The van der Waals surface area contributed by atoms with E-state index >= 15 is 0 Å². The standard InChI is InChI=1S/C16H21N7O2/c1-3-4-11-5-15(23-16(20-11)17-10-19-23)22-8-13(24)14(9-22)25-12-6-18-21(2)7-12/h5-7,10,13-14,24H,3-4,8-9H2,1-2H3/t13-,14-/m1/s1. The minimum Gasteiger partial charge on any atom is -0.482 e. The van der Waals surface area contributed by atoms with Gasteiger partial charge in [-0.3, -0.25) is 4.68 Å². The third-order valence-corrected chi connectivity index (χ3v) is 4.32. The van der Waals surface area contributed by atoms with Gasteiger partial charge in [-0.25, -0.2) is 4.98 Å². The van der Waals surface area contributed by atoms with Gasteiger partial charge >= 0.3 is 0 Å². The van der Waals surface area contributed by atoms with Crippen LogP contribution in [0.25, 0.3) is 5.78 Å². The average molecular weight is 343 g/mol. The molecule has 0 unspecified atom stereocenters. The van der Waals surface area contributed by atoms with Crippen LogP contribution in [0.15, 0.2) is 24.8 Å². The summed E-state index contributed by atoms with van der Waals surface area (Å²) >= 11 is 0. The van der Waals surface area contributed by atoms with E-state index in [1.54, 1.807) is 21.6 Å². The Morgan fingerprint density at radius 1 is 1.32 bits per heavy atom. The van der Waals surface area contributed by atoms with E-state index in [2.05, 4.69) is 32.0 Å². The lowest BCUT2D eigenvalue weighted by Crippen LogP contribution is -2.30. The van der Waals surface area contributed by atoms with Crippen LogP contribution in [-0.4, -0.2) is 59.8 Å². The van der Waals surface area contributed by atoms with Gasteiger partial charge in [-0.2, -0.15) is 19.7 Å². The number of aliphatic hydroxyl groups excluding tert-OH is 1. The summed E-state index contributed by atoms with van der Waals surface area (Å²) in [6.45, 7) is 3.14. The van der Waals surface area contributed by atoms with E-state index in [-0.39, 0.29) is 6.10 Å². The van der Waals surface area contributed by atoms with E-state index in [0.717, 1.165) is 24.4 Å². The molecule has 0 bridgehead atoms. The van der Waals surface area contributed by atoms with Gasteiger partial charge in [0, 0.05) is 25.4 Å². The maximum absolute atomic E-state index is 10.4. The number of aliphatic hydroxyl groups is 1. The highest BCUT2D eigenvalue weighted by molar-refractivity contribution is 5.49. The van der Waals surface area contributed by atoms with Crippen LogP contribution in [0.1, 0.15) is 19.0 Å². The number of anilines is 1. The van der Waals surface area contributed by atoms with Crippen molar-refractivity contribution in [2.75, 3.05) is 18.0 Å². The third-order valence-electron chi connectivity index (χ3n) is 4.32. The Bertz CT molecular complexity index is 874. The molecule has 0 aliphatic carbocycles. The van der Waals surface area contributed by atoms with Crippen LogP contribution >= 0.6 is 0 Å². The molecule has 3 aromatic rings.